The van der Waals surface area contributed by atoms with Crippen molar-refractivity contribution in [3.05, 3.63) is 47.7 Å². The maximum atomic E-state index is 11.7. The van der Waals surface area contributed by atoms with Crippen LogP contribution in [0.15, 0.2) is 36.5 Å². The van der Waals surface area contributed by atoms with E-state index >= 15 is 0 Å². The Morgan fingerprint density at radius 3 is 2.57 bits per heavy atom. The molecular formula is C17H19NO3. The van der Waals surface area contributed by atoms with E-state index in [1.54, 1.807) is 13.2 Å². The Balaban J connectivity index is 2.55. The van der Waals surface area contributed by atoms with Crippen molar-refractivity contribution in [3.63, 3.8) is 0 Å². The number of methoxy groups -OCH3 is 2. The average molecular weight is 285 g/mol. The predicted octanol–water partition coefficient (Wildman–Crippen LogP) is 3.67. The summed E-state index contributed by atoms with van der Waals surface area (Å²) >= 11 is 0. The second-order valence-electron chi connectivity index (χ2n) is 5.05. The van der Waals surface area contributed by atoms with Gasteiger partial charge in [0.1, 0.15) is 0 Å². The predicted molar refractivity (Wildman–Crippen MR) is 81.7 cm³/mol. The SMILES string of the molecule is COC(=O)c1cnc(OC)c(-c2cccc(C(C)C)c2)c1. The first-order chi connectivity index (χ1) is 10.1. The number of pyridine rings is 1. The molecule has 0 saturated carbocycles. The van der Waals surface area contributed by atoms with Crippen LogP contribution in [-0.2, 0) is 4.74 Å². The van der Waals surface area contributed by atoms with Gasteiger partial charge < -0.3 is 9.47 Å². The van der Waals surface area contributed by atoms with Gasteiger partial charge in [-0.2, -0.15) is 0 Å². The Bertz CT molecular complexity index is 650. The topological polar surface area (TPSA) is 48.4 Å². The molecule has 4 heteroatoms. The second-order valence-corrected chi connectivity index (χ2v) is 5.05. The van der Waals surface area contributed by atoms with Gasteiger partial charge in [-0.3, -0.25) is 0 Å². The Hall–Kier alpha value is -2.36. The molecule has 0 fully saturated rings. The van der Waals surface area contributed by atoms with Crippen LogP contribution in [0.1, 0.15) is 35.7 Å². The smallest absolute Gasteiger partial charge is 0.339 e. The van der Waals surface area contributed by atoms with Crippen LogP contribution in [0, 0.1) is 0 Å². The van der Waals surface area contributed by atoms with E-state index in [9.17, 15) is 4.79 Å². The minimum absolute atomic E-state index is 0.406. The van der Waals surface area contributed by atoms with Crippen molar-refractivity contribution in [2.24, 2.45) is 0 Å². The minimum atomic E-state index is -0.411. The van der Waals surface area contributed by atoms with Crippen LogP contribution >= 0.6 is 0 Å². The summed E-state index contributed by atoms with van der Waals surface area (Å²) < 4.78 is 10.0. The molecule has 0 aliphatic rings. The summed E-state index contributed by atoms with van der Waals surface area (Å²) in [5, 5.41) is 0. The van der Waals surface area contributed by atoms with Gasteiger partial charge in [0.2, 0.25) is 5.88 Å². The highest BCUT2D eigenvalue weighted by molar-refractivity contribution is 5.91. The van der Waals surface area contributed by atoms with Crippen LogP contribution in [0.2, 0.25) is 0 Å². The lowest BCUT2D eigenvalue weighted by Crippen LogP contribution is -2.03. The van der Waals surface area contributed by atoms with Crippen molar-refractivity contribution in [2.75, 3.05) is 14.2 Å². The van der Waals surface area contributed by atoms with Gasteiger partial charge in [-0.05, 0) is 23.1 Å². The zero-order valence-electron chi connectivity index (χ0n) is 12.7. The number of rotatable bonds is 4. The van der Waals surface area contributed by atoms with Gasteiger partial charge in [0.15, 0.2) is 0 Å². The minimum Gasteiger partial charge on any atom is -0.481 e. The van der Waals surface area contributed by atoms with Crippen LogP contribution in [0.3, 0.4) is 0 Å². The number of hydrogen-bond acceptors (Lipinski definition) is 4. The van der Waals surface area contributed by atoms with E-state index in [2.05, 4.69) is 31.0 Å². The van der Waals surface area contributed by atoms with Crippen molar-refractivity contribution in [2.45, 2.75) is 19.8 Å². The van der Waals surface area contributed by atoms with Crippen molar-refractivity contribution in [1.82, 2.24) is 4.98 Å². The lowest BCUT2D eigenvalue weighted by Gasteiger charge is -2.12. The third-order valence-corrected chi connectivity index (χ3v) is 3.33. The maximum Gasteiger partial charge on any atom is 0.339 e. The Kier molecular flexibility index (Phi) is 4.58. The zero-order chi connectivity index (χ0) is 15.4. The van der Waals surface area contributed by atoms with E-state index in [4.69, 9.17) is 9.47 Å². The largest absolute Gasteiger partial charge is 0.481 e. The number of nitrogens with zero attached hydrogens (tertiary/aromatic N) is 1. The summed E-state index contributed by atoms with van der Waals surface area (Å²) in [4.78, 5) is 15.9. The third kappa shape index (κ3) is 3.21. The number of aromatic nitrogens is 1. The summed E-state index contributed by atoms with van der Waals surface area (Å²) in [5.74, 6) is 0.502. The lowest BCUT2D eigenvalue weighted by molar-refractivity contribution is 0.0600. The third-order valence-electron chi connectivity index (χ3n) is 3.33. The maximum absolute atomic E-state index is 11.7. The standard InChI is InChI=1S/C17H19NO3/c1-11(2)12-6-5-7-13(8-12)15-9-14(17(19)21-4)10-18-16(15)20-3/h5-11H,1-4H3. The van der Waals surface area contributed by atoms with E-state index in [0.717, 1.165) is 11.1 Å². The summed E-state index contributed by atoms with van der Waals surface area (Å²) in [6.07, 6.45) is 1.46. The van der Waals surface area contributed by atoms with E-state index in [0.29, 0.717) is 17.4 Å². The molecule has 2 aromatic rings. The molecule has 1 aromatic heterocycles. The molecule has 4 nitrogen and oxygen atoms in total. The molecule has 0 N–H and O–H groups in total. The monoisotopic (exact) mass is 285 g/mol. The van der Waals surface area contributed by atoms with Crippen molar-refractivity contribution < 1.29 is 14.3 Å². The second kappa shape index (κ2) is 6.39. The molecule has 0 aliphatic heterocycles. The summed E-state index contributed by atoms with van der Waals surface area (Å²) in [6.45, 7) is 4.28. The van der Waals surface area contributed by atoms with Gasteiger partial charge in [0.25, 0.3) is 0 Å². The quantitative estimate of drug-likeness (QED) is 0.804. The summed E-state index contributed by atoms with van der Waals surface area (Å²) in [5.41, 5.74) is 3.38. The molecule has 0 radical (unpaired) electrons. The fourth-order valence-electron chi connectivity index (χ4n) is 2.12. The molecule has 0 spiro atoms. The molecule has 0 unspecified atom stereocenters. The molecule has 110 valence electrons. The zero-order valence-corrected chi connectivity index (χ0v) is 12.7. The number of hydrogen-bond donors (Lipinski definition) is 0. The first-order valence-corrected chi connectivity index (χ1v) is 6.79. The van der Waals surface area contributed by atoms with E-state index in [1.165, 1.54) is 18.9 Å². The van der Waals surface area contributed by atoms with Crippen molar-refractivity contribution >= 4 is 5.97 Å². The van der Waals surface area contributed by atoms with Crippen LogP contribution in [0.4, 0.5) is 0 Å². The summed E-state index contributed by atoms with van der Waals surface area (Å²) in [6, 6.07) is 9.89. The van der Waals surface area contributed by atoms with Crippen LogP contribution < -0.4 is 4.74 Å². The van der Waals surface area contributed by atoms with Crippen LogP contribution in [0.5, 0.6) is 5.88 Å². The summed E-state index contributed by atoms with van der Waals surface area (Å²) in [7, 11) is 2.92. The Morgan fingerprint density at radius 2 is 1.95 bits per heavy atom. The highest BCUT2D eigenvalue weighted by Crippen LogP contribution is 2.31. The molecule has 1 aromatic carbocycles. The highest BCUT2D eigenvalue weighted by atomic mass is 16.5. The molecule has 0 amide bonds. The average Bonchev–Trinajstić information content (AvgIpc) is 2.53. The number of carbonyl (C=O) groups excluding carboxylic acids is 1. The molecule has 0 atom stereocenters. The van der Waals surface area contributed by atoms with Crippen LogP contribution in [0.25, 0.3) is 11.1 Å². The molecular weight excluding hydrogens is 266 g/mol. The van der Waals surface area contributed by atoms with Crippen molar-refractivity contribution in [1.29, 1.82) is 0 Å². The molecule has 2 rings (SSSR count). The lowest BCUT2D eigenvalue weighted by atomic mass is 9.97. The Morgan fingerprint density at radius 1 is 1.19 bits per heavy atom. The molecule has 0 bridgehead atoms. The first kappa shape index (κ1) is 15.0. The van der Waals surface area contributed by atoms with E-state index < -0.39 is 5.97 Å². The highest BCUT2D eigenvalue weighted by Gasteiger charge is 2.14. The number of carbonyl (C=O) groups is 1. The van der Waals surface area contributed by atoms with Crippen molar-refractivity contribution in [3.8, 4) is 17.0 Å². The van der Waals surface area contributed by atoms with Gasteiger partial charge in [0.05, 0.1) is 19.8 Å². The van der Waals surface area contributed by atoms with Gasteiger partial charge in [-0.1, -0.05) is 38.1 Å². The number of benzene rings is 1. The van der Waals surface area contributed by atoms with Crippen LogP contribution in [-0.4, -0.2) is 25.2 Å². The number of ether oxygens (including phenoxy) is 2. The van der Waals surface area contributed by atoms with Gasteiger partial charge in [0, 0.05) is 11.8 Å². The van der Waals surface area contributed by atoms with Gasteiger partial charge in [-0.15, -0.1) is 0 Å². The fraction of sp³-hybridized carbons (Fsp3) is 0.294. The van der Waals surface area contributed by atoms with E-state index in [1.807, 2.05) is 12.1 Å². The molecule has 1 heterocycles. The van der Waals surface area contributed by atoms with E-state index in [-0.39, 0.29) is 0 Å². The first-order valence-electron chi connectivity index (χ1n) is 6.79. The number of esters is 1. The van der Waals surface area contributed by atoms with Gasteiger partial charge in [-0.25, -0.2) is 9.78 Å². The fourth-order valence-corrected chi connectivity index (χ4v) is 2.12. The molecule has 0 saturated heterocycles. The van der Waals surface area contributed by atoms with Gasteiger partial charge >= 0.3 is 5.97 Å². The normalized spacial score (nSPS) is 10.5. The Labute approximate surface area is 124 Å². The molecule has 0 aliphatic carbocycles. The molecule has 21 heavy (non-hydrogen) atoms.